The highest BCUT2D eigenvalue weighted by molar-refractivity contribution is 7.71. The SMILES string of the molecule is CCn1c(=S)n(CN2CCOC(C)C2)c2ccccc21. The number of hydrogen-bond donors (Lipinski definition) is 0. The molecule has 0 aliphatic carbocycles. The molecule has 1 aliphatic heterocycles. The molecule has 1 unspecified atom stereocenters. The maximum Gasteiger partial charge on any atom is 0.181 e. The number of ether oxygens (including phenoxy) is 1. The van der Waals surface area contributed by atoms with E-state index in [1.165, 1.54) is 11.0 Å². The number of morpholine rings is 1. The quantitative estimate of drug-likeness (QED) is 0.812. The first-order valence-electron chi connectivity index (χ1n) is 7.22. The predicted octanol–water partition coefficient (Wildman–Crippen LogP) is 2.87. The molecule has 1 saturated heterocycles. The monoisotopic (exact) mass is 291 g/mol. The molecule has 5 heteroatoms. The fourth-order valence-electron chi connectivity index (χ4n) is 2.93. The largest absolute Gasteiger partial charge is 0.376 e. The van der Waals surface area contributed by atoms with E-state index in [9.17, 15) is 0 Å². The van der Waals surface area contributed by atoms with Gasteiger partial charge in [0.1, 0.15) is 0 Å². The molecular weight excluding hydrogens is 270 g/mol. The first kappa shape index (κ1) is 13.8. The minimum absolute atomic E-state index is 0.303. The number of rotatable bonds is 3. The molecule has 0 amide bonds. The van der Waals surface area contributed by atoms with Gasteiger partial charge in [-0.25, -0.2) is 0 Å². The highest BCUT2D eigenvalue weighted by Crippen LogP contribution is 2.19. The van der Waals surface area contributed by atoms with Crippen molar-refractivity contribution in [2.45, 2.75) is 33.2 Å². The van der Waals surface area contributed by atoms with Crippen molar-refractivity contribution in [2.75, 3.05) is 19.7 Å². The summed E-state index contributed by atoms with van der Waals surface area (Å²) in [6.07, 6.45) is 0.303. The molecule has 2 heterocycles. The molecule has 2 aromatic rings. The standard InChI is InChI=1S/C15H21N3OS/c1-3-17-13-6-4-5-7-14(13)18(15(17)20)11-16-8-9-19-12(2)10-16/h4-7,12H,3,8-11H2,1-2H3. The number of aromatic nitrogens is 2. The number of hydrogen-bond acceptors (Lipinski definition) is 3. The minimum atomic E-state index is 0.303. The van der Waals surface area contributed by atoms with Crippen molar-refractivity contribution in [3.63, 3.8) is 0 Å². The van der Waals surface area contributed by atoms with Gasteiger partial charge in [0.2, 0.25) is 0 Å². The van der Waals surface area contributed by atoms with Crippen LogP contribution in [0.4, 0.5) is 0 Å². The van der Waals surface area contributed by atoms with Gasteiger partial charge in [0.15, 0.2) is 4.77 Å². The lowest BCUT2D eigenvalue weighted by molar-refractivity contribution is -0.0287. The van der Waals surface area contributed by atoms with Gasteiger partial charge >= 0.3 is 0 Å². The van der Waals surface area contributed by atoms with Crippen molar-refractivity contribution < 1.29 is 4.74 Å². The second-order valence-electron chi connectivity index (χ2n) is 5.34. The van der Waals surface area contributed by atoms with Crippen LogP contribution in [0.25, 0.3) is 11.0 Å². The third-order valence-electron chi connectivity index (χ3n) is 3.91. The van der Waals surface area contributed by atoms with Crippen LogP contribution in [0.3, 0.4) is 0 Å². The van der Waals surface area contributed by atoms with Gasteiger partial charge in [-0.2, -0.15) is 0 Å². The zero-order chi connectivity index (χ0) is 14.1. The number of benzene rings is 1. The van der Waals surface area contributed by atoms with E-state index in [0.717, 1.165) is 37.7 Å². The molecule has 20 heavy (non-hydrogen) atoms. The lowest BCUT2D eigenvalue weighted by Gasteiger charge is -2.31. The van der Waals surface area contributed by atoms with Crippen LogP contribution in [0.2, 0.25) is 0 Å². The lowest BCUT2D eigenvalue weighted by atomic mass is 10.3. The molecular formula is C15H21N3OS. The summed E-state index contributed by atoms with van der Waals surface area (Å²) in [6.45, 7) is 8.77. The Labute approximate surface area is 124 Å². The molecule has 1 atom stereocenters. The average molecular weight is 291 g/mol. The maximum atomic E-state index is 5.66. The van der Waals surface area contributed by atoms with Crippen LogP contribution in [-0.2, 0) is 18.0 Å². The summed E-state index contributed by atoms with van der Waals surface area (Å²) in [4.78, 5) is 2.41. The Morgan fingerprint density at radius 3 is 2.60 bits per heavy atom. The highest BCUT2D eigenvalue weighted by Gasteiger charge is 2.18. The average Bonchev–Trinajstić information content (AvgIpc) is 2.72. The van der Waals surface area contributed by atoms with Crippen LogP contribution < -0.4 is 0 Å². The molecule has 0 radical (unpaired) electrons. The molecule has 4 nitrogen and oxygen atoms in total. The van der Waals surface area contributed by atoms with E-state index < -0.39 is 0 Å². The van der Waals surface area contributed by atoms with Gasteiger partial charge in [0.05, 0.1) is 30.4 Å². The van der Waals surface area contributed by atoms with Crippen LogP contribution >= 0.6 is 12.2 Å². The fourth-order valence-corrected chi connectivity index (χ4v) is 3.32. The summed E-state index contributed by atoms with van der Waals surface area (Å²) < 4.78 is 11.0. The van der Waals surface area contributed by atoms with E-state index in [0.29, 0.717) is 6.10 Å². The molecule has 1 aromatic carbocycles. The minimum Gasteiger partial charge on any atom is -0.376 e. The molecule has 0 saturated carbocycles. The van der Waals surface area contributed by atoms with Gasteiger partial charge in [-0.15, -0.1) is 0 Å². The zero-order valence-electron chi connectivity index (χ0n) is 12.1. The lowest BCUT2D eigenvalue weighted by Crippen LogP contribution is -2.41. The summed E-state index contributed by atoms with van der Waals surface area (Å²) in [5, 5.41) is 0. The van der Waals surface area contributed by atoms with Gasteiger partial charge in [0.25, 0.3) is 0 Å². The van der Waals surface area contributed by atoms with Crippen molar-refractivity contribution in [3.8, 4) is 0 Å². The van der Waals surface area contributed by atoms with E-state index in [2.05, 4.69) is 52.1 Å². The van der Waals surface area contributed by atoms with Crippen LogP contribution in [0.1, 0.15) is 13.8 Å². The summed E-state index contributed by atoms with van der Waals surface area (Å²) in [5.41, 5.74) is 2.44. The summed E-state index contributed by atoms with van der Waals surface area (Å²) >= 11 is 5.66. The van der Waals surface area contributed by atoms with Crippen LogP contribution in [0, 0.1) is 4.77 Å². The normalized spacial score (nSPS) is 20.6. The molecule has 1 aromatic heterocycles. The third kappa shape index (κ3) is 2.41. The van der Waals surface area contributed by atoms with Crippen molar-refractivity contribution in [1.82, 2.24) is 14.0 Å². The first-order chi connectivity index (χ1) is 9.70. The molecule has 1 fully saturated rings. The van der Waals surface area contributed by atoms with Crippen molar-refractivity contribution in [1.29, 1.82) is 0 Å². The van der Waals surface area contributed by atoms with Gasteiger partial charge in [-0.1, -0.05) is 12.1 Å². The number of nitrogens with zero attached hydrogens (tertiary/aromatic N) is 3. The van der Waals surface area contributed by atoms with E-state index in [4.69, 9.17) is 17.0 Å². The molecule has 0 bridgehead atoms. The predicted molar refractivity (Wildman–Crippen MR) is 83.4 cm³/mol. The number of imidazole rings is 1. The third-order valence-corrected chi connectivity index (χ3v) is 4.35. The van der Waals surface area contributed by atoms with Crippen LogP contribution in [0.5, 0.6) is 0 Å². The summed E-state index contributed by atoms with van der Waals surface area (Å²) in [6, 6.07) is 8.45. The Balaban J connectivity index is 1.99. The smallest absolute Gasteiger partial charge is 0.181 e. The zero-order valence-corrected chi connectivity index (χ0v) is 12.9. The number of fused-ring (bicyclic) bond motifs is 1. The van der Waals surface area contributed by atoms with E-state index >= 15 is 0 Å². The van der Waals surface area contributed by atoms with E-state index in [1.807, 2.05) is 0 Å². The van der Waals surface area contributed by atoms with E-state index in [-0.39, 0.29) is 0 Å². The van der Waals surface area contributed by atoms with Crippen molar-refractivity contribution in [2.24, 2.45) is 0 Å². The van der Waals surface area contributed by atoms with Crippen molar-refractivity contribution >= 4 is 23.3 Å². The van der Waals surface area contributed by atoms with Crippen LogP contribution in [0.15, 0.2) is 24.3 Å². The van der Waals surface area contributed by atoms with E-state index in [1.54, 1.807) is 0 Å². The Morgan fingerprint density at radius 2 is 1.95 bits per heavy atom. The second kappa shape index (κ2) is 5.68. The first-order valence-corrected chi connectivity index (χ1v) is 7.63. The van der Waals surface area contributed by atoms with Gasteiger partial charge in [0, 0.05) is 19.6 Å². The van der Waals surface area contributed by atoms with Crippen LogP contribution in [-0.4, -0.2) is 39.8 Å². The highest BCUT2D eigenvalue weighted by atomic mass is 32.1. The maximum absolute atomic E-state index is 5.66. The number of para-hydroxylation sites is 2. The summed E-state index contributed by atoms with van der Waals surface area (Å²) in [5.74, 6) is 0. The molecule has 1 aliphatic rings. The Hall–Kier alpha value is -1.17. The number of aryl methyl sites for hydroxylation is 1. The molecule has 108 valence electrons. The Kier molecular flexibility index (Phi) is 3.92. The van der Waals surface area contributed by atoms with Gasteiger partial charge in [-0.3, -0.25) is 4.90 Å². The Morgan fingerprint density at radius 1 is 1.25 bits per heavy atom. The summed E-state index contributed by atoms with van der Waals surface area (Å²) in [7, 11) is 0. The second-order valence-corrected chi connectivity index (χ2v) is 5.71. The topological polar surface area (TPSA) is 22.3 Å². The molecule has 3 rings (SSSR count). The van der Waals surface area contributed by atoms with Gasteiger partial charge < -0.3 is 13.9 Å². The Bertz CT molecular complexity index is 661. The molecule has 0 spiro atoms. The fraction of sp³-hybridized carbons (Fsp3) is 0.533. The van der Waals surface area contributed by atoms with Crippen molar-refractivity contribution in [3.05, 3.63) is 29.0 Å². The molecule has 0 N–H and O–H groups in total. The van der Waals surface area contributed by atoms with Gasteiger partial charge in [-0.05, 0) is 38.2 Å².